The van der Waals surface area contributed by atoms with E-state index in [1.807, 2.05) is 0 Å². The molecule has 0 aliphatic heterocycles. The van der Waals surface area contributed by atoms with Crippen LogP contribution in [0.4, 0.5) is 0 Å². The maximum Gasteiger partial charge on any atom is 0.330 e. The van der Waals surface area contributed by atoms with E-state index in [9.17, 15) is 9.59 Å². The highest BCUT2D eigenvalue weighted by atomic mass is 16.5. The van der Waals surface area contributed by atoms with Crippen molar-refractivity contribution in [3.05, 3.63) is 12.7 Å². The molecule has 0 saturated carbocycles. The number of carbonyl (C=O) groups is 2. The minimum atomic E-state index is -0.512. The van der Waals surface area contributed by atoms with Crippen molar-refractivity contribution < 1.29 is 19.1 Å². The maximum absolute atomic E-state index is 11.8. The lowest BCUT2D eigenvalue weighted by Crippen LogP contribution is -2.21. The molecule has 0 aliphatic rings. The Labute approximate surface area is 179 Å². The van der Waals surface area contributed by atoms with Crippen LogP contribution in [0.2, 0.25) is 0 Å². The van der Waals surface area contributed by atoms with Crippen LogP contribution >= 0.6 is 0 Å². The predicted molar refractivity (Wildman–Crippen MR) is 121 cm³/mol. The molecule has 0 amide bonds. The maximum atomic E-state index is 11.8. The van der Waals surface area contributed by atoms with Crippen LogP contribution in [0.5, 0.6) is 0 Å². The topological polar surface area (TPSA) is 52.6 Å². The number of unbranched alkanes of at least 4 members (excludes halogenated alkanes) is 15. The highest BCUT2D eigenvalue weighted by Crippen LogP contribution is 2.13. The fourth-order valence-electron chi connectivity index (χ4n) is 3.30. The Morgan fingerprint density at radius 1 is 0.724 bits per heavy atom. The summed E-state index contributed by atoms with van der Waals surface area (Å²) in [5.74, 6) is -1.25. The SMILES string of the molecule is C=CC(=O)OCC(C)C(=O)OCCCCCCCCCCCCCCCCCC. The highest BCUT2D eigenvalue weighted by Gasteiger charge is 2.15. The van der Waals surface area contributed by atoms with Gasteiger partial charge in [0.1, 0.15) is 6.61 Å². The van der Waals surface area contributed by atoms with Gasteiger partial charge in [-0.25, -0.2) is 4.79 Å². The molecule has 0 heterocycles. The van der Waals surface area contributed by atoms with E-state index in [1.165, 1.54) is 89.9 Å². The third kappa shape index (κ3) is 19.8. The van der Waals surface area contributed by atoms with E-state index in [2.05, 4.69) is 13.5 Å². The molecule has 4 nitrogen and oxygen atoms in total. The molecule has 0 fully saturated rings. The molecule has 0 aromatic carbocycles. The van der Waals surface area contributed by atoms with E-state index in [-0.39, 0.29) is 12.6 Å². The minimum absolute atomic E-state index is 0.0443. The van der Waals surface area contributed by atoms with Crippen molar-refractivity contribution in [3.63, 3.8) is 0 Å². The number of hydrogen-bond donors (Lipinski definition) is 0. The lowest BCUT2D eigenvalue weighted by molar-refractivity contribution is -0.152. The fraction of sp³-hybridized carbons (Fsp3) is 0.840. The molecule has 0 aromatic heterocycles. The molecule has 0 saturated heterocycles. The van der Waals surface area contributed by atoms with E-state index in [4.69, 9.17) is 9.47 Å². The summed E-state index contributed by atoms with van der Waals surface area (Å²) in [4.78, 5) is 22.7. The number of hydrogen-bond acceptors (Lipinski definition) is 4. The molecule has 29 heavy (non-hydrogen) atoms. The average Bonchev–Trinajstić information content (AvgIpc) is 2.73. The van der Waals surface area contributed by atoms with E-state index >= 15 is 0 Å². The van der Waals surface area contributed by atoms with Gasteiger partial charge in [-0.05, 0) is 13.3 Å². The Balaban J connectivity index is 3.26. The van der Waals surface area contributed by atoms with E-state index in [1.54, 1.807) is 6.92 Å². The Hall–Kier alpha value is -1.32. The quantitative estimate of drug-likeness (QED) is 0.114. The first-order chi connectivity index (χ1) is 14.1. The smallest absolute Gasteiger partial charge is 0.330 e. The summed E-state index contributed by atoms with van der Waals surface area (Å²) < 4.78 is 10.1. The van der Waals surface area contributed by atoms with Crippen LogP contribution in [0.3, 0.4) is 0 Å². The second kappa shape index (κ2) is 21.4. The Kier molecular flexibility index (Phi) is 20.4. The van der Waals surface area contributed by atoms with Crippen molar-refractivity contribution in [2.75, 3.05) is 13.2 Å². The van der Waals surface area contributed by atoms with Crippen LogP contribution < -0.4 is 0 Å². The molecule has 0 N–H and O–H groups in total. The molecule has 1 atom stereocenters. The lowest BCUT2D eigenvalue weighted by Gasteiger charge is -2.11. The van der Waals surface area contributed by atoms with Gasteiger partial charge in [-0.15, -0.1) is 0 Å². The predicted octanol–water partition coefficient (Wildman–Crippen LogP) is 7.16. The summed E-state index contributed by atoms with van der Waals surface area (Å²) in [5, 5.41) is 0. The monoisotopic (exact) mass is 410 g/mol. The summed E-state index contributed by atoms with van der Waals surface area (Å²) in [5.41, 5.74) is 0. The molecule has 1 unspecified atom stereocenters. The fourth-order valence-corrected chi connectivity index (χ4v) is 3.30. The van der Waals surface area contributed by atoms with Gasteiger partial charge in [0.25, 0.3) is 0 Å². The van der Waals surface area contributed by atoms with Crippen molar-refractivity contribution in [2.45, 2.75) is 117 Å². The van der Waals surface area contributed by atoms with Gasteiger partial charge < -0.3 is 9.47 Å². The molecule has 0 radical (unpaired) electrons. The second-order valence-corrected chi connectivity index (χ2v) is 8.21. The van der Waals surface area contributed by atoms with E-state index in [0.29, 0.717) is 6.61 Å². The molecule has 0 aromatic rings. The Morgan fingerprint density at radius 2 is 1.14 bits per heavy atom. The van der Waals surface area contributed by atoms with Crippen LogP contribution in [-0.4, -0.2) is 25.2 Å². The average molecular weight is 411 g/mol. The van der Waals surface area contributed by atoms with Crippen molar-refractivity contribution in [1.82, 2.24) is 0 Å². The van der Waals surface area contributed by atoms with Gasteiger partial charge in [0, 0.05) is 6.08 Å². The zero-order valence-corrected chi connectivity index (χ0v) is 19.2. The van der Waals surface area contributed by atoms with Gasteiger partial charge in [0.05, 0.1) is 12.5 Å². The van der Waals surface area contributed by atoms with Crippen molar-refractivity contribution in [2.24, 2.45) is 5.92 Å². The van der Waals surface area contributed by atoms with Gasteiger partial charge in [-0.1, -0.05) is 110 Å². The highest BCUT2D eigenvalue weighted by molar-refractivity contribution is 5.81. The minimum Gasteiger partial charge on any atom is -0.465 e. The Morgan fingerprint density at radius 3 is 1.55 bits per heavy atom. The normalized spacial score (nSPS) is 11.8. The third-order valence-electron chi connectivity index (χ3n) is 5.29. The molecule has 0 spiro atoms. The van der Waals surface area contributed by atoms with Crippen molar-refractivity contribution >= 4 is 11.9 Å². The first-order valence-corrected chi connectivity index (χ1v) is 12.1. The van der Waals surface area contributed by atoms with Crippen molar-refractivity contribution in [3.8, 4) is 0 Å². The van der Waals surface area contributed by atoms with Gasteiger partial charge in [-0.3, -0.25) is 4.79 Å². The summed E-state index contributed by atoms with van der Waals surface area (Å²) in [6.45, 7) is 7.79. The summed E-state index contributed by atoms with van der Waals surface area (Å²) in [7, 11) is 0. The lowest BCUT2D eigenvalue weighted by atomic mass is 10.0. The van der Waals surface area contributed by atoms with Gasteiger partial charge in [0.15, 0.2) is 0 Å². The number of esters is 2. The molecule has 0 rings (SSSR count). The van der Waals surface area contributed by atoms with Gasteiger partial charge >= 0.3 is 11.9 Å². The summed E-state index contributed by atoms with van der Waals surface area (Å²) >= 11 is 0. The van der Waals surface area contributed by atoms with E-state index in [0.717, 1.165) is 18.9 Å². The van der Waals surface area contributed by atoms with Crippen LogP contribution in [0.15, 0.2) is 12.7 Å². The molecule has 0 aliphatic carbocycles. The zero-order valence-electron chi connectivity index (χ0n) is 19.2. The molecular weight excluding hydrogens is 364 g/mol. The largest absolute Gasteiger partial charge is 0.465 e. The first kappa shape index (κ1) is 27.7. The van der Waals surface area contributed by atoms with Gasteiger partial charge in [-0.2, -0.15) is 0 Å². The summed E-state index contributed by atoms with van der Waals surface area (Å²) in [6.07, 6.45) is 22.3. The number of ether oxygens (including phenoxy) is 2. The Bertz CT molecular complexity index is 406. The van der Waals surface area contributed by atoms with Crippen LogP contribution in [0, 0.1) is 5.92 Å². The third-order valence-corrected chi connectivity index (χ3v) is 5.29. The van der Waals surface area contributed by atoms with Crippen LogP contribution in [-0.2, 0) is 19.1 Å². The molecule has 4 heteroatoms. The molecule has 170 valence electrons. The van der Waals surface area contributed by atoms with Crippen LogP contribution in [0.1, 0.15) is 117 Å². The summed E-state index contributed by atoms with van der Waals surface area (Å²) in [6, 6.07) is 0. The van der Waals surface area contributed by atoms with Gasteiger partial charge in [0.2, 0.25) is 0 Å². The number of rotatable bonds is 21. The van der Waals surface area contributed by atoms with E-state index < -0.39 is 11.9 Å². The second-order valence-electron chi connectivity index (χ2n) is 8.21. The standard InChI is InChI=1S/C25H46O4/c1-4-6-7-8-9-10-11-12-13-14-15-16-17-18-19-20-21-28-25(27)23(3)22-29-24(26)5-2/h5,23H,2,4,6-22H2,1,3H3. The number of carbonyl (C=O) groups excluding carboxylic acids is 2. The molecular formula is C25H46O4. The van der Waals surface area contributed by atoms with Crippen LogP contribution in [0.25, 0.3) is 0 Å². The zero-order chi connectivity index (χ0) is 21.6. The van der Waals surface area contributed by atoms with Crippen molar-refractivity contribution in [1.29, 1.82) is 0 Å². The molecule has 0 bridgehead atoms. The first-order valence-electron chi connectivity index (χ1n) is 12.1.